The van der Waals surface area contributed by atoms with Gasteiger partial charge in [0.05, 0.1) is 12.2 Å². The van der Waals surface area contributed by atoms with Gasteiger partial charge in [0.25, 0.3) is 0 Å². The number of fused-ring (bicyclic) bond motifs is 5. The zero-order chi connectivity index (χ0) is 15.3. The second-order valence-electron chi connectivity index (χ2n) is 8.48. The normalized spacial score (nSPS) is 45.0. The van der Waals surface area contributed by atoms with Gasteiger partial charge < -0.3 is 9.47 Å². The average molecular weight is 294 g/mol. The van der Waals surface area contributed by atoms with Crippen molar-refractivity contribution < 1.29 is 9.47 Å². The molecule has 3 rings (SSSR count). The Morgan fingerprint density at radius 3 is 2.62 bits per heavy atom. The summed E-state index contributed by atoms with van der Waals surface area (Å²) in [4.78, 5) is 0. The third kappa shape index (κ3) is 2.28. The van der Waals surface area contributed by atoms with Crippen LogP contribution in [0.25, 0.3) is 0 Å². The van der Waals surface area contributed by atoms with E-state index in [2.05, 4.69) is 34.6 Å². The Morgan fingerprint density at radius 1 is 1.24 bits per heavy atom. The van der Waals surface area contributed by atoms with Crippen molar-refractivity contribution in [3.05, 3.63) is 0 Å². The molecule has 1 heterocycles. The number of rotatable bonds is 6. The van der Waals surface area contributed by atoms with Crippen LogP contribution in [0, 0.1) is 22.7 Å². The van der Waals surface area contributed by atoms with E-state index in [4.69, 9.17) is 9.47 Å². The maximum Gasteiger partial charge on any atom is 0.158 e. The van der Waals surface area contributed by atoms with Gasteiger partial charge in [-0.2, -0.15) is 0 Å². The highest BCUT2D eigenvalue weighted by atomic mass is 16.7. The molecule has 6 atom stereocenters. The number of unbranched alkanes of at least 4 members (excludes halogenated alkanes) is 1. The average Bonchev–Trinajstić information content (AvgIpc) is 3.00. The Bertz CT molecular complexity index is 378. The minimum absolute atomic E-state index is 0.0674. The molecule has 2 bridgehead atoms. The van der Waals surface area contributed by atoms with Gasteiger partial charge >= 0.3 is 0 Å². The van der Waals surface area contributed by atoms with Crippen LogP contribution in [0.15, 0.2) is 0 Å². The van der Waals surface area contributed by atoms with E-state index in [0.29, 0.717) is 23.0 Å². The molecule has 2 nitrogen and oxygen atoms in total. The summed E-state index contributed by atoms with van der Waals surface area (Å²) in [7, 11) is 0. The van der Waals surface area contributed by atoms with Crippen LogP contribution in [-0.2, 0) is 9.47 Å². The molecule has 0 amide bonds. The second-order valence-corrected chi connectivity index (χ2v) is 8.48. The first-order valence-electron chi connectivity index (χ1n) is 9.25. The Labute approximate surface area is 131 Å². The van der Waals surface area contributed by atoms with Crippen LogP contribution >= 0.6 is 0 Å². The fourth-order valence-corrected chi connectivity index (χ4v) is 5.59. The topological polar surface area (TPSA) is 18.5 Å². The highest BCUT2D eigenvalue weighted by molar-refractivity contribution is 5.16. The summed E-state index contributed by atoms with van der Waals surface area (Å²) < 4.78 is 12.8. The van der Waals surface area contributed by atoms with Crippen LogP contribution in [0.1, 0.15) is 79.6 Å². The van der Waals surface area contributed by atoms with Gasteiger partial charge in [-0.3, -0.25) is 0 Å². The molecule has 2 saturated carbocycles. The van der Waals surface area contributed by atoms with Gasteiger partial charge in [-0.25, -0.2) is 0 Å². The molecule has 3 fully saturated rings. The summed E-state index contributed by atoms with van der Waals surface area (Å²) >= 11 is 0. The first-order chi connectivity index (χ1) is 9.94. The maximum absolute atomic E-state index is 6.45. The van der Waals surface area contributed by atoms with Crippen LogP contribution in [0.2, 0.25) is 0 Å². The molecule has 1 saturated heterocycles. The Balaban J connectivity index is 1.63. The second kappa shape index (κ2) is 5.53. The Hall–Kier alpha value is -0.0800. The van der Waals surface area contributed by atoms with E-state index in [1.54, 1.807) is 0 Å². The number of hydrogen-bond acceptors (Lipinski definition) is 2. The minimum atomic E-state index is 0.0674. The third-order valence-electron chi connectivity index (χ3n) is 7.35. The standard InChI is InChI=1S/C19H34O2/c1-6-8-9-13(7-2)20-16-12-14-15-10-11-19(5,17(14)21-16)18(15,3)4/h13-17H,6-12H2,1-5H3/t13-,14+,15-,16+,17+,19+/m1/s1. The van der Waals surface area contributed by atoms with E-state index in [9.17, 15) is 0 Å². The zero-order valence-corrected chi connectivity index (χ0v) is 14.7. The lowest BCUT2D eigenvalue weighted by atomic mass is 9.70. The minimum Gasteiger partial charge on any atom is -0.349 e. The third-order valence-corrected chi connectivity index (χ3v) is 7.35. The number of hydrogen-bond donors (Lipinski definition) is 0. The van der Waals surface area contributed by atoms with Crippen molar-refractivity contribution in [1.82, 2.24) is 0 Å². The predicted octanol–water partition coefficient (Wildman–Crippen LogP) is 5.16. The lowest BCUT2D eigenvalue weighted by Gasteiger charge is -2.39. The molecule has 21 heavy (non-hydrogen) atoms. The largest absolute Gasteiger partial charge is 0.349 e. The van der Waals surface area contributed by atoms with Gasteiger partial charge in [0.2, 0.25) is 0 Å². The molecule has 0 N–H and O–H groups in total. The summed E-state index contributed by atoms with van der Waals surface area (Å²) in [6.45, 7) is 11.9. The SMILES string of the molecule is CCCC[C@@H](CC)O[C@@H]1C[C@H]2[C@H]3CC[C@@](C)([C@H]2O1)C3(C)C. The molecule has 0 aromatic heterocycles. The summed E-state index contributed by atoms with van der Waals surface area (Å²) in [5.74, 6) is 1.59. The Morgan fingerprint density at radius 2 is 2.00 bits per heavy atom. The molecule has 0 unspecified atom stereocenters. The van der Waals surface area contributed by atoms with Crippen molar-refractivity contribution in [2.75, 3.05) is 0 Å². The molecule has 0 aromatic carbocycles. The fraction of sp³-hybridized carbons (Fsp3) is 1.00. The first kappa shape index (κ1) is 15.8. The fourth-order valence-electron chi connectivity index (χ4n) is 5.59. The quantitative estimate of drug-likeness (QED) is 0.673. The molecule has 1 aliphatic heterocycles. The van der Waals surface area contributed by atoms with Crippen LogP contribution in [0.4, 0.5) is 0 Å². The van der Waals surface area contributed by atoms with Gasteiger partial charge in [-0.15, -0.1) is 0 Å². The lowest BCUT2D eigenvalue weighted by molar-refractivity contribution is -0.187. The van der Waals surface area contributed by atoms with E-state index in [1.165, 1.54) is 32.1 Å². The Kier molecular flexibility index (Phi) is 4.16. The van der Waals surface area contributed by atoms with Gasteiger partial charge in [-0.05, 0) is 48.3 Å². The lowest BCUT2D eigenvalue weighted by Crippen LogP contribution is -2.38. The highest BCUT2D eigenvalue weighted by Gasteiger charge is 2.69. The summed E-state index contributed by atoms with van der Waals surface area (Å²) in [5, 5.41) is 0. The monoisotopic (exact) mass is 294 g/mol. The molecule has 3 aliphatic rings. The molecular weight excluding hydrogens is 260 g/mol. The summed E-state index contributed by atoms with van der Waals surface area (Å²) in [6, 6.07) is 0. The van der Waals surface area contributed by atoms with E-state index < -0.39 is 0 Å². The molecule has 0 aromatic rings. The van der Waals surface area contributed by atoms with Crippen LogP contribution < -0.4 is 0 Å². The van der Waals surface area contributed by atoms with E-state index in [0.717, 1.165) is 24.7 Å². The van der Waals surface area contributed by atoms with Gasteiger partial charge in [0, 0.05) is 6.42 Å². The molecule has 2 heteroatoms. The molecule has 122 valence electrons. The van der Waals surface area contributed by atoms with Gasteiger partial charge in [-0.1, -0.05) is 47.5 Å². The summed E-state index contributed by atoms with van der Waals surface area (Å²) in [5.41, 5.74) is 0.811. The maximum atomic E-state index is 6.45. The molecule has 0 radical (unpaired) electrons. The van der Waals surface area contributed by atoms with Crippen molar-refractivity contribution in [3.63, 3.8) is 0 Å². The van der Waals surface area contributed by atoms with Gasteiger partial charge in [0.15, 0.2) is 6.29 Å². The van der Waals surface area contributed by atoms with Crippen molar-refractivity contribution in [3.8, 4) is 0 Å². The van der Waals surface area contributed by atoms with Gasteiger partial charge in [0.1, 0.15) is 0 Å². The van der Waals surface area contributed by atoms with Crippen molar-refractivity contribution in [2.24, 2.45) is 22.7 Å². The highest BCUT2D eigenvalue weighted by Crippen LogP contribution is 2.71. The van der Waals surface area contributed by atoms with Crippen LogP contribution in [0.3, 0.4) is 0 Å². The zero-order valence-electron chi connectivity index (χ0n) is 14.7. The van der Waals surface area contributed by atoms with Crippen molar-refractivity contribution in [2.45, 2.75) is 98.1 Å². The predicted molar refractivity (Wildman–Crippen MR) is 86.1 cm³/mol. The number of ether oxygens (including phenoxy) is 2. The first-order valence-corrected chi connectivity index (χ1v) is 9.25. The molecule has 2 aliphatic carbocycles. The smallest absolute Gasteiger partial charge is 0.158 e. The van der Waals surface area contributed by atoms with E-state index in [1.807, 2.05) is 0 Å². The van der Waals surface area contributed by atoms with Crippen LogP contribution in [-0.4, -0.2) is 18.5 Å². The van der Waals surface area contributed by atoms with Crippen molar-refractivity contribution >= 4 is 0 Å². The van der Waals surface area contributed by atoms with Crippen molar-refractivity contribution in [1.29, 1.82) is 0 Å². The van der Waals surface area contributed by atoms with Crippen LogP contribution in [0.5, 0.6) is 0 Å². The summed E-state index contributed by atoms with van der Waals surface area (Å²) in [6.07, 6.45) is 9.60. The molecular formula is C19H34O2. The van der Waals surface area contributed by atoms with E-state index >= 15 is 0 Å². The molecule has 0 spiro atoms. The van der Waals surface area contributed by atoms with E-state index in [-0.39, 0.29) is 6.29 Å².